The van der Waals surface area contributed by atoms with Gasteiger partial charge in [0.1, 0.15) is 5.82 Å². The summed E-state index contributed by atoms with van der Waals surface area (Å²) < 4.78 is 4.44. The predicted octanol–water partition coefficient (Wildman–Crippen LogP) is 2.39. The normalized spacial score (nSPS) is 13.7. The zero-order valence-corrected chi connectivity index (χ0v) is 15.9. The van der Waals surface area contributed by atoms with Crippen LogP contribution in [0.15, 0.2) is 30.6 Å². The maximum absolute atomic E-state index is 12.7. The van der Waals surface area contributed by atoms with Gasteiger partial charge in [0.2, 0.25) is 0 Å². The number of amides is 1. The van der Waals surface area contributed by atoms with Crippen molar-refractivity contribution in [1.82, 2.24) is 34.8 Å². The molecule has 4 rings (SSSR count). The van der Waals surface area contributed by atoms with Gasteiger partial charge >= 0.3 is 0 Å². The van der Waals surface area contributed by atoms with Gasteiger partial charge in [-0.2, -0.15) is 10.2 Å². The second-order valence-corrected chi connectivity index (χ2v) is 6.90. The van der Waals surface area contributed by atoms with Crippen molar-refractivity contribution in [1.29, 1.82) is 0 Å². The SMILES string of the molecule is CCc1c(C(=O)NCCc2n[nH]c(=S)n2C2CC2)cnn1-c1ccccn1. The number of H-pyrrole nitrogens is 1. The van der Waals surface area contributed by atoms with Gasteiger partial charge in [-0.05, 0) is 43.6 Å². The van der Waals surface area contributed by atoms with Crippen molar-refractivity contribution < 1.29 is 4.79 Å². The first-order valence-electron chi connectivity index (χ1n) is 9.11. The Kier molecular flexibility index (Phi) is 4.85. The highest BCUT2D eigenvalue weighted by Gasteiger charge is 2.27. The van der Waals surface area contributed by atoms with Gasteiger partial charge in [0.25, 0.3) is 5.91 Å². The largest absolute Gasteiger partial charge is 0.351 e. The molecule has 1 fully saturated rings. The van der Waals surface area contributed by atoms with Crippen molar-refractivity contribution in [3.8, 4) is 5.82 Å². The summed E-state index contributed by atoms with van der Waals surface area (Å²) in [6.45, 7) is 2.49. The second-order valence-electron chi connectivity index (χ2n) is 6.51. The van der Waals surface area contributed by atoms with Gasteiger partial charge in [0.15, 0.2) is 10.6 Å². The maximum atomic E-state index is 12.7. The monoisotopic (exact) mass is 383 g/mol. The Bertz CT molecular complexity index is 1000. The molecule has 3 aromatic heterocycles. The molecular weight excluding hydrogens is 362 g/mol. The third-order valence-corrected chi connectivity index (χ3v) is 4.93. The average Bonchev–Trinajstić information content (AvgIpc) is 3.31. The van der Waals surface area contributed by atoms with Crippen LogP contribution >= 0.6 is 12.2 Å². The van der Waals surface area contributed by atoms with Crippen molar-refractivity contribution in [2.75, 3.05) is 6.54 Å². The molecule has 0 unspecified atom stereocenters. The van der Waals surface area contributed by atoms with Crippen LogP contribution in [0.1, 0.15) is 47.7 Å². The molecule has 1 aliphatic carbocycles. The first-order chi connectivity index (χ1) is 13.2. The molecule has 1 saturated carbocycles. The number of carbonyl (C=O) groups excluding carboxylic acids is 1. The molecule has 2 N–H and O–H groups in total. The van der Waals surface area contributed by atoms with E-state index in [9.17, 15) is 4.79 Å². The highest BCUT2D eigenvalue weighted by atomic mass is 32.1. The molecule has 3 aromatic rings. The predicted molar refractivity (Wildman–Crippen MR) is 102 cm³/mol. The van der Waals surface area contributed by atoms with E-state index in [0.29, 0.717) is 41.6 Å². The second kappa shape index (κ2) is 7.43. The third kappa shape index (κ3) is 3.55. The Morgan fingerprint density at radius 1 is 1.41 bits per heavy atom. The Balaban J connectivity index is 1.45. The minimum atomic E-state index is -0.138. The molecule has 8 nitrogen and oxygen atoms in total. The van der Waals surface area contributed by atoms with Crippen LogP contribution in [0.5, 0.6) is 0 Å². The van der Waals surface area contributed by atoms with Crippen LogP contribution in [-0.2, 0) is 12.8 Å². The van der Waals surface area contributed by atoms with Crippen molar-refractivity contribution in [2.45, 2.75) is 38.6 Å². The summed E-state index contributed by atoms with van der Waals surface area (Å²) >= 11 is 5.29. The number of aromatic amines is 1. The van der Waals surface area contributed by atoms with Crippen molar-refractivity contribution in [3.63, 3.8) is 0 Å². The summed E-state index contributed by atoms with van der Waals surface area (Å²) in [5, 5.41) is 14.5. The Hall–Kier alpha value is -2.81. The zero-order valence-electron chi connectivity index (χ0n) is 15.1. The fraction of sp³-hybridized carbons (Fsp3) is 0.389. The molecule has 1 aliphatic rings. The van der Waals surface area contributed by atoms with Crippen LogP contribution in [0.4, 0.5) is 0 Å². The fourth-order valence-corrected chi connectivity index (χ4v) is 3.49. The molecule has 0 saturated heterocycles. The molecule has 3 heterocycles. The molecule has 1 amide bonds. The standard InChI is InChI=1S/C18H21N7OS/c1-2-14-13(11-21-25(14)15-5-3-4-9-19-15)17(26)20-10-8-16-22-23-18(27)24(16)12-6-7-12/h3-5,9,11-12H,2,6-8,10H2,1H3,(H,20,26)(H,23,27). The van der Waals surface area contributed by atoms with Crippen molar-refractivity contribution in [3.05, 3.63) is 52.4 Å². The number of pyridine rings is 1. The Morgan fingerprint density at radius 3 is 2.96 bits per heavy atom. The van der Waals surface area contributed by atoms with E-state index in [2.05, 4.69) is 30.2 Å². The number of hydrogen-bond acceptors (Lipinski definition) is 5. The molecule has 9 heteroatoms. The number of hydrogen-bond donors (Lipinski definition) is 2. The number of nitrogens with zero attached hydrogens (tertiary/aromatic N) is 5. The summed E-state index contributed by atoms with van der Waals surface area (Å²) in [6, 6.07) is 6.08. The number of carbonyl (C=O) groups is 1. The van der Waals surface area contributed by atoms with Crippen molar-refractivity contribution >= 4 is 18.1 Å². The molecule has 0 radical (unpaired) electrons. The molecule has 0 aliphatic heterocycles. The van der Waals surface area contributed by atoms with E-state index in [1.807, 2.05) is 25.1 Å². The molecule has 0 spiro atoms. The van der Waals surface area contributed by atoms with Gasteiger partial charge in [0.05, 0.1) is 17.5 Å². The zero-order chi connectivity index (χ0) is 18.8. The maximum Gasteiger partial charge on any atom is 0.254 e. The first kappa shape index (κ1) is 17.6. The summed E-state index contributed by atoms with van der Waals surface area (Å²) in [7, 11) is 0. The van der Waals surface area contributed by atoms with Gasteiger partial charge < -0.3 is 9.88 Å². The van der Waals surface area contributed by atoms with Crippen LogP contribution in [-0.4, -0.2) is 42.0 Å². The van der Waals surface area contributed by atoms with Gasteiger partial charge in [0, 0.05) is 25.2 Å². The molecule has 140 valence electrons. The van der Waals surface area contributed by atoms with Crippen LogP contribution in [0, 0.1) is 4.77 Å². The highest BCUT2D eigenvalue weighted by Crippen LogP contribution is 2.35. The van der Waals surface area contributed by atoms with Crippen LogP contribution < -0.4 is 5.32 Å². The van der Waals surface area contributed by atoms with E-state index in [1.54, 1.807) is 17.1 Å². The molecule has 0 atom stereocenters. The Labute approximate surface area is 161 Å². The average molecular weight is 383 g/mol. The van der Waals surface area contributed by atoms with Crippen LogP contribution in [0.25, 0.3) is 5.82 Å². The summed E-state index contributed by atoms with van der Waals surface area (Å²) in [5.74, 6) is 1.46. The number of rotatable bonds is 7. The van der Waals surface area contributed by atoms with E-state index in [4.69, 9.17) is 12.2 Å². The van der Waals surface area contributed by atoms with Crippen LogP contribution in [0.2, 0.25) is 0 Å². The molecule has 0 aromatic carbocycles. The van der Waals surface area contributed by atoms with Gasteiger partial charge in [-0.3, -0.25) is 9.89 Å². The number of aromatic nitrogens is 6. The lowest BCUT2D eigenvalue weighted by Gasteiger charge is -2.08. The van der Waals surface area contributed by atoms with E-state index in [-0.39, 0.29) is 5.91 Å². The number of nitrogens with one attached hydrogen (secondary N) is 2. The summed E-state index contributed by atoms with van der Waals surface area (Å²) in [5.41, 5.74) is 1.41. The summed E-state index contributed by atoms with van der Waals surface area (Å²) in [6.07, 6.45) is 6.90. The Morgan fingerprint density at radius 2 is 2.26 bits per heavy atom. The van der Waals surface area contributed by atoms with E-state index in [1.165, 1.54) is 0 Å². The lowest BCUT2D eigenvalue weighted by molar-refractivity contribution is 0.0953. The molecular formula is C18H21N7OS. The first-order valence-corrected chi connectivity index (χ1v) is 9.52. The lowest BCUT2D eigenvalue weighted by Crippen LogP contribution is -2.27. The van der Waals surface area contributed by atoms with E-state index >= 15 is 0 Å². The lowest BCUT2D eigenvalue weighted by atomic mass is 10.2. The van der Waals surface area contributed by atoms with E-state index < -0.39 is 0 Å². The minimum absolute atomic E-state index is 0.138. The van der Waals surface area contributed by atoms with Crippen LogP contribution in [0.3, 0.4) is 0 Å². The molecule has 0 bridgehead atoms. The fourth-order valence-electron chi connectivity index (χ4n) is 3.19. The van der Waals surface area contributed by atoms with Gasteiger partial charge in [-0.1, -0.05) is 13.0 Å². The highest BCUT2D eigenvalue weighted by molar-refractivity contribution is 7.71. The smallest absolute Gasteiger partial charge is 0.254 e. The quantitative estimate of drug-likeness (QED) is 0.611. The summed E-state index contributed by atoms with van der Waals surface area (Å²) in [4.78, 5) is 17.0. The topological polar surface area (TPSA) is 93.4 Å². The third-order valence-electron chi connectivity index (χ3n) is 4.64. The molecule has 27 heavy (non-hydrogen) atoms. The van der Waals surface area contributed by atoms with Gasteiger partial charge in [-0.25, -0.2) is 9.67 Å². The minimum Gasteiger partial charge on any atom is -0.351 e. The van der Waals surface area contributed by atoms with Gasteiger partial charge in [-0.15, -0.1) is 0 Å². The van der Waals surface area contributed by atoms with Crippen molar-refractivity contribution in [2.24, 2.45) is 0 Å². The van der Waals surface area contributed by atoms with E-state index in [0.717, 1.165) is 24.4 Å².